The van der Waals surface area contributed by atoms with Crippen molar-refractivity contribution in [2.24, 2.45) is 0 Å². The fourth-order valence-electron chi connectivity index (χ4n) is 3.33. The van der Waals surface area contributed by atoms with Crippen LogP contribution in [0.1, 0.15) is 16.7 Å². The molecule has 3 heterocycles. The van der Waals surface area contributed by atoms with Gasteiger partial charge in [0.25, 0.3) is 0 Å². The van der Waals surface area contributed by atoms with Gasteiger partial charge in [-0.05, 0) is 19.3 Å². The molecular formula is C13H15Si4. The molecule has 0 aliphatic carbocycles. The van der Waals surface area contributed by atoms with E-state index in [0.717, 1.165) is 0 Å². The molecule has 0 spiro atoms. The Bertz CT molecular complexity index is 402. The molecule has 0 saturated carbocycles. The van der Waals surface area contributed by atoms with Crippen LogP contribution in [0.4, 0.5) is 0 Å². The second-order valence-electron chi connectivity index (χ2n) is 5.87. The summed E-state index contributed by atoms with van der Waals surface area (Å²) in [5, 5.41) is 4.05. The van der Waals surface area contributed by atoms with Crippen LogP contribution in [0.2, 0.25) is 24.7 Å². The Morgan fingerprint density at radius 2 is 1.00 bits per heavy atom. The molecule has 0 amide bonds. The second kappa shape index (κ2) is 4.05. The lowest BCUT2D eigenvalue weighted by molar-refractivity contribution is 0.935. The second-order valence-corrected chi connectivity index (χ2v) is 12.5. The van der Waals surface area contributed by atoms with Crippen LogP contribution in [-0.4, -0.2) is 38.8 Å². The van der Waals surface area contributed by atoms with E-state index in [0.29, 0.717) is 0 Å². The fourth-order valence-corrected chi connectivity index (χ4v) is 8.51. The first-order valence-electron chi connectivity index (χ1n) is 6.37. The minimum Gasteiger partial charge on any atom is -0.0691 e. The molecule has 0 fully saturated rings. The highest BCUT2D eigenvalue weighted by molar-refractivity contribution is 6.79. The molecule has 0 nitrogen and oxygen atoms in total. The van der Waals surface area contributed by atoms with Crippen LogP contribution >= 0.6 is 0 Å². The molecule has 4 bridgehead atoms. The fraction of sp³-hybridized carbons (Fsp3) is 0.538. The molecule has 4 heteroatoms. The van der Waals surface area contributed by atoms with Gasteiger partial charge >= 0.3 is 0 Å². The highest BCUT2D eigenvalue weighted by atomic mass is 28.3. The molecule has 83 valence electrons. The van der Waals surface area contributed by atoms with E-state index in [4.69, 9.17) is 0 Å². The molecule has 0 aromatic heterocycles. The van der Waals surface area contributed by atoms with Crippen molar-refractivity contribution >= 4 is 54.4 Å². The zero-order chi connectivity index (χ0) is 12.2. The molecule has 3 aliphatic heterocycles. The van der Waals surface area contributed by atoms with Crippen LogP contribution in [0, 0.1) is 0 Å². The van der Waals surface area contributed by atoms with Gasteiger partial charge in [-0.3, -0.25) is 0 Å². The van der Waals surface area contributed by atoms with Crippen molar-refractivity contribution in [2.75, 3.05) is 0 Å². The molecule has 0 saturated heterocycles. The average molecular weight is 284 g/mol. The number of hydrogen-bond donors (Lipinski definition) is 0. The highest BCUT2D eigenvalue weighted by Gasteiger charge is 2.33. The molecule has 3 aliphatic rings. The predicted molar refractivity (Wildman–Crippen MR) is 79.8 cm³/mol. The summed E-state index contributed by atoms with van der Waals surface area (Å²) in [4.78, 5) is 0. The van der Waals surface area contributed by atoms with Crippen LogP contribution in [0.15, 0.2) is 0 Å². The van der Waals surface area contributed by atoms with Gasteiger partial charge in [0.1, 0.15) is 0 Å². The largest absolute Gasteiger partial charge is 0.0719 e. The topological polar surface area (TPSA) is 0 Å². The van der Waals surface area contributed by atoms with Gasteiger partial charge in [-0.25, -0.2) is 0 Å². The summed E-state index contributed by atoms with van der Waals surface area (Å²) in [6, 6.07) is 4.38. The zero-order valence-electron chi connectivity index (χ0n) is 10.2. The van der Waals surface area contributed by atoms with Crippen molar-refractivity contribution in [3.8, 4) is 0 Å². The van der Waals surface area contributed by atoms with Crippen molar-refractivity contribution < 1.29 is 0 Å². The normalized spacial score (nSPS) is 21.2. The van der Waals surface area contributed by atoms with Crippen LogP contribution in [-0.2, 0) is 19.3 Å². The summed E-state index contributed by atoms with van der Waals surface area (Å²) in [7, 11) is 10.7. The smallest absolute Gasteiger partial charge is 0.0691 e. The minimum absolute atomic E-state index is 0.977. The quantitative estimate of drug-likeness (QED) is 0.579. The number of rotatable bonds is 0. The lowest BCUT2D eigenvalue weighted by Crippen LogP contribution is -2.46. The molecule has 9 radical (unpaired) electrons. The number of fused-ring (bicyclic) bond motifs is 3. The van der Waals surface area contributed by atoms with E-state index >= 15 is 0 Å². The maximum absolute atomic E-state index is 3.88. The Hall–Kier alpha value is 0.0875. The molecule has 17 heavy (non-hydrogen) atoms. The van der Waals surface area contributed by atoms with E-state index in [1.807, 2.05) is 0 Å². The van der Waals surface area contributed by atoms with Gasteiger partial charge in [-0.2, -0.15) is 0 Å². The zero-order valence-corrected chi connectivity index (χ0v) is 14.2. The van der Waals surface area contributed by atoms with E-state index in [9.17, 15) is 0 Å². The first-order valence-corrected chi connectivity index (χ1v) is 11.0. The predicted octanol–water partition coefficient (Wildman–Crippen LogP) is -0.199. The van der Waals surface area contributed by atoms with E-state index in [2.05, 4.69) is 37.3 Å². The third kappa shape index (κ3) is 1.80. The third-order valence-electron chi connectivity index (χ3n) is 4.75. The summed E-state index contributed by atoms with van der Waals surface area (Å²) < 4.78 is 0. The lowest BCUT2D eigenvalue weighted by atomic mass is 9.99. The molecule has 4 rings (SSSR count). The average Bonchev–Trinajstić information content (AvgIpc) is 2.25. The Kier molecular flexibility index (Phi) is 2.89. The maximum Gasteiger partial charge on any atom is 0.0719 e. The maximum atomic E-state index is 3.88. The Labute approximate surface area is 115 Å². The Balaban J connectivity index is 2.30. The molecule has 0 unspecified atom stereocenters. The number of benzene rings is 1. The summed E-state index contributed by atoms with van der Waals surface area (Å²) in [5.74, 6) is 0. The summed E-state index contributed by atoms with van der Waals surface area (Å²) in [6.07, 6.45) is 3.77. The van der Waals surface area contributed by atoms with Crippen molar-refractivity contribution in [3.63, 3.8) is 0 Å². The Morgan fingerprint density at radius 3 is 1.29 bits per heavy atom. The summed E-state index contributed by atoms with van der Waals surface area (Å²) in [5.41, 5.74) is 4.55. The van der Waals surface area contributed by atoms with Crippen molar-refractivity contribution in [2.45, 2.75) is 43.9 Å². The van der Waals surface area contributed by atoms with Crippen molar-refractivity contribution in [1.29, 1.82) is 0 Å². The van der Waals surface area contributed by atoms with Crippen molar-refractivity contribution in [1.82, 2.24) is 0 Å². The van der Waals surface area contributed by atoms with Crippen LogP contribution in [0.3, 0.4) is 0 Å². The standard InChI is InChI=1S/C13H15Si4/c1-17-5-2-8-11(14)9(3-6-17)13(16)10(4-7-17)12(8)15/h2-7H2,1H3. The van der Waals surface area contributed by atoms with E-state index < -0.39 is 8.07 Å². The first-order chi connectivity index (χ1) is 8.02. The molecular weight excluding hydrogens is 268 g/mol. The minimum atomic E-state index is -0.977. The van der Waals surface area contributed by atoms with E-state index in [1.54, 1.807) is 0 Å². The van der Waals surface area contributed by atoms with Gasteiger partial charge < -0.3 is 0 Å². The van der Waals surface area contributed by atoms with Crippen LogP contribution in [0.5, 0.6) is 0 Å². The SMILES string of the molecule is C[Si]12CCc3c([Si])c(c([Si])c(c3[Si])CC1)CC2. The lowest BCUT2D eigenvalue weighted by Gasteiger charge is -2.37. The summed E-state index contributed by atoms with van der Waals surface area (Å²) in [6.45, 7) is 2.61. The monoisotopic (exact) mass is 283 g/mol. The van der Waals surface area contributed by atoms with Gasteiger partial charge in [0.15, 0.2) is 0 Å². The number of hydrogen-bond acceptors (Lipinski definition) is 0. The summed E-state index contributed by atoms with van der Waals surface area (Å²) >= 11 is 0. The van der Waals surface area contributed by atoms with Gasteiger partial charge in [0.2, 0.25) is 0 Å². The molecule has 0 atom stereocenters. The van der Waals surface area contributed by atoms with Gasteiger partial charge in [0, 0.05) is 0 Å². The van der Waals surface area contributed by atoms with Gasteiger partial charge in [-0.1, -0.05) is 56.9 Å². The molecule has 1 aromatic rings. The molecule has 0 N–H and O–H groups in total. The van der Waals surface area contributed by atoms with Crippen LogP contribution in [0.25, 0.3) is 0 Å². The van der Waals surface area contributed by atoms with Crippen LogP contribution < -0.4 is 15.6 Å². The Morgan fingerprint density at radius 1 is 0.706 bits per heavy atom. The van der Waals surface area contributed by atoms with E-state index in [-0.39, 0.29) is 0 Å². The molecule has 1 aromatic carbocycles. The van der Waals surface area contributed by atoms with Gasteiger partial charge in [0.05, 0.1) is 38.8 Å². The first kappa shape index (κ1) is 12.1. The van der Waals surface area contributed by atoms with Crippen molar-refractivity contribution in [3.05, 3.63) is 16.7 Å². The highest BCUT2D eigenvalue weighted by Crippen LogP contribution is 2.30. The van der Waals surface area contributed by atoms with Gasteiger partial charge in [-0.15, -0.1) is 0 Å². The van der Waals surface area contributed by atoms with E-state index in [1.165, 1.54) is 69.6 Å². The third-order valence-corrected chi connectivity index (χ3v) is 10.9.